The lowest BCUT2D eigenvalue weighted by atomic mass is 9.87. The first-order chi connectivity index (χ1) is 6.47. The maximum Gasteiger partial charge on any atom is 0.427 e. The molecule has 0 aliphatic rings. The van der Waals surface area contributed by atoms with Crippen LogP contribution < -0.4 is 22.7 Å². The lowest BCUT2D eigenvalue weighted by Gasteiger charge is -2.18. The van der Waals surface area contributed by atoms with Gasteiger partial charge in [-0.05, 0) is 34.4 Å². The fourth-order valence-corrected chi connectivity index (χ4v) is 2.12. The van der Waals surface area contributed by atoms with Gasteiger partial charge < -0.3 is 16.8 Å². The second-order valence-electron chi connectivity index (χ2n) is 4.43. The van der Waals surface area contributed by atoms with E-state index >= 15 is 0 Å². The summed E-state index contributed by atoms with van der Waals surface area (Å²) in [5.74, 6) is 0. The molecule has 0 saturated heterocycles. The van der Waals surface area contributed by atoms with E-state index in [2.05, 4.69) is 32.9 Å². The Morgan fingerprint density at radius 1 is 1.27 bits per heavy atom. The van der Waals surface area contributed by atoms with Gasteiger partial charge >= 0.3 is 4.87 Å². The first-order valence-electron chi connectivity index (χ1n) is 4.59. The largest absolute Gasteiger partial charge is 1.00 e. The number of benzene rings is 1. The summed E-state index contributed by atoms with van der Waals surface area (Å²) in [5, 5.41) is 5.60. The molecule has 0 unspecified atom stereocenters. The van der Waals surface area contributed by atoms with Crippen molar-refractivity contribution >= 4 is 21.6 Å². The van der Waals surface area contributed by atoms with Crippen LogP contribution in [0, 0.1) is 0 Å². The Kier molecular flexibility index (Phi) is 3.26. The maximum atomic E-state index is 5.60. The third-order valence-corrected chi connectivity index (χ3v) is 3.05. The molecule has 15 heavy (non-hydrogen) atoms. The van der Waals surface area contributed by atoms with Crippen molar-refractivity contribution in [1.82, 2.24) is 0 Å². The number of fused-ring (bicyclic) bond motifs is 1. The van der Waals surface area contributed by atoms with Crippen molar-refractivity contribution in [2.45, 2.75) is 26.2 Å². The summed E-state index contributed by atoms with van der Waals surface area (Å²) in [6.07, 6.45) is 0. The predicted octanol–water partition coefficient (Wildman–Crippen LogP) is -1.54. The monoisotopic (exact) mass is 243 g/mol. The SMILES string of the molecule is CC(C)(C)c1ccc2oc(=[NH2+])sc2c1.[Cl-]. The van der Waals surface area contributed by atoms with Crippen molar-refractivity contribution in [2.24, 2.45) is 0 Å². The second-order valence-corrected chi connectivity index (χ2v) is 5.48. The Hall–Kier alpha value is -0.800. The van der Waals surface area contributed by atoms with Crippen LogP contribution in [-0.4, -0.2) is 0 Å². The average Bonchev–Trinajstić information content (AvgIpc) is 2.41. The molecule has 4 heteroatoms. The summed E-state index contributed by atoms with van der Waals surface area (Å²) < 4.78 is 6.45. The van der Waals surface area contributed by atoms with Gasteiger partial charge in [0.05, 0.1) is 4.70 Å². The summed E-state index contributed by atoms with van der Waals surface area (Å²) in [6, 6.07) is 6.24. The van der Waals surface area contributed by atoms with Crippen LogP contribution in [0.3, 0.4) is 0 Å². The Balaban J connectivity index is 0.00000112. The molecule has 1 heterocycles. The molecule has 2 aromatic rings. The van der Waals surface area contributed by atoms with E-state index in [0.717, 1.165) is 10.3 Å². The van der Waals surface area contributed by atoms with Crippen LogP contribution in [0.15, 0.2) is 22.6 Å². The summed E-state index contributed by atoms with van der Waals surface area (Å²) in [7, 11) is 0. The van der Waals surface area contributed by atoms with E-state index in [0.29, 0.717) is 4.87 Å². The summed E-state index contributed by atoms with van der Waals surface area (Å²) in [4.78, 5) is 0.519. The molecule has 0 fully saturated rings. The summed E-state index contributed by atoms with van der Waals surface area (Å²) in [6.45, 7) is 6.59. The minimum Gasteiger partial charge on any atom is -1.00 e. The molecule has 0 saturated carbocycles. The molecule has 2 rings (SSSR count). The second kappa shape index (κ2) is 3.99. The van der Waals surface area contributed by atoms with Gasteiger partial charge in [-0.1, -0.05) is 26.8 Å². The Labute approximate surface area is 98.9 Å². The zero-order valence-corrected chi connectivity index (χ0v) is 10.6. The third kappa shape index (κ3) is 2.41. The summed E-state index contributed by atoms with van der Waals surface area (Å²) >= 11 is 1.49. The molecule has 2 N–H and O–H groups in total. The normalized spacial score (nSPS) is 11.4. The molecular formula is C11H14ClNOS. The quantitative estimate of drug-likeness (QED) is 0.598. The van der Waals surface area contributed by atoms with Gasteiger partial charge in [-0.25, -0.2) is 5.41 Å². The summed E-state index contributed by atoms with van der Waals surface area (Å²) in [5.41, 5.74) is 2.36. The standard InChI is InChI=1S/C11H13NOS.ClH/c1-11(2,3)7-4-5-8-9(6-7)14-10(12)13-8;/h4-6,12H,1-3H3;1H. The molecule has 1 aromatic carbocycles. The molecular weight excluding hydrogens is 230 g/mol. The van der Waals surface area contributed by atoms with Crippen molar-refractivity contribution in [2.75, 3.05) is 0 Å². The molecule has 0 spiro atoms. The van der Waals surface area contributed by atoms with Crippen LogP contribution >= 0.6 is 11.3 Å². The molecule has 0 radical (unpaired) electrons. The number of rotatable bonds is 0. The highest BCUT2D eigenvalue weighted by atomic mass is 35.5. The third-order valence-electron chi connectivity index (χ3n) is 2.23. The molecule has 0 amide bonds. The fraction of sp³-hybridized carbons (Fsp3) is 0.364. The Morgan fingerprint density at radius 2 is 1.93 bits per heavy atom. The zero-order chi connectivity index (χ0) is 10.3. The lowest BCUT2D eigenvalue weighted by Crippen LogP contribution is -3.00. The van der Waals surface area contributed by atoms with E-state index in [1.54, 1.807) is 0 Å². The first kappa shape index (κ1) is 12.3. The lowest BCUT2D eigenvalue weighted by molar-refractivity contribution is -0.190. The minimum atomic E-state index is 0. The number of hydrogen-bond donors (Lipinski definition) is 1. The number of hydrogen-bond acceptors (Lipinski definition) is 2. The van der Waals surface area contributed by atoms with Crippen LogP contribution in [0.5, 0.6) is 0 Å². The smallest absolute Gasteiger partial charge is 0.427 e. The van der Waals surface area contributed by atoms with Crippen LogP contribution in [-0.2, 0) is 5.41 Å². The van der Waals surface area contributed by atoms with Crippen LogP contribution in [0.1, 0.15) is 26.3 Å². The van der Waals surface area contributed by atoms with Gasteiger partial charge in [-0.3, -0.25) is 0 Å². The Morgan fingerprint density at radius 3 is 2.53 bits per heavy atom. The highest BCUT2D eigenvalue weighted by molar-refractivity contribution is 7.15. The molecule has 1 aromatic heterocycles. The van der Waals surface area contributed by atoms with E-state index in [-0.39, 0.29) is 17.8 Å². The van der Waals surface area contributed by atoms with E-state index in [9.17, 15) is 0 Å². The minimum absolute atomic E-state index is 0. The van der Waals surface area contributed by atoms with E-state index in [1.807, 2.05) is 6.07 Å². The van der Waals surface area contributed by atoms with Crippen LogP contribution in [0.4, 0.5) is 0 Å². The van der Waals surface area contributed by atoms with Crippen molar-refractivity contribution in [3.8, 4) is 0 Å². The Bertz CT molecular complexity index is 521. The maximum absolute atomic E-state index is 5.60. The van der Waals surface area contributed by atoms with Gasteiger partial charge in [-0.2, -0.15) is 0 Å². The topological polar surface area (TPSA) is 38.7 Å². The number of nitrogens with two attached hydrogens (primary N) is 1. The molecule has 0 bridgehead atoms. The van der Waals surface area contributed by atoms with Crippen LogP contribution in [0.2, 0.25) is 0 Å². The van der Waals surface area contributed by atoms with Crippen LogP contribution in [0.25, 0.3) is 10.3 Å². The van der Waals surface area contributed by atoms with Gasteiger partial charge in [0.15, 0.2) is 5.58 Å². The van der Waals surface area contributed by atoms with Crippen molar-refractivity contribution in [1.29, 1.82) is 0 Å². The molecule has 82 valence electrons. The molecule has 2 nitrogen and oxygen atoms in total. The average molecular weight is 244 g/mol. The highest BCUT2D eigenvalue weighted by Crippen LogP contribution is 2.26. The van der Waals surface area contributed by atoms with E-state index in [4.69, 9.17) is 9.83 Å². The van der Waals surface area contributed by atoms with Crippen molar-refractivity contribution in [3.63, 3.8) is 0 Å². The molecule has 0 atom stereocenters. The number of halogens is 1. The van der Waals surface area contributed by atoms with Crippen molar-refractivity contribution < 1.29 is 22.2 Å². The first-order valence-corrected chi connectivity index (χ1v) is 5.41. The fourth-order valence-electron chi connectivity index (χ4n) is 1.38. The van der Waals surface area contributed by atoms with Gasteiger partial charge in [-0.15, -0.1) is 0 Å². The molecule has 0 aliphatic carbocycles. The zero-order valence-electron chi connectivity index (χ0n) is 9.00. The van der Waals surface area contributed by atoms with E-state index in [1.165, 1.54) is 16.9 Å². The van der Waals surface area contributed by atoms with Gasteiger partial charge in [0.1, 0.15) is 0 Å². The van der Waals surface area contributed by atoms with Gasteiger partial charge in [0.2, 0.25) is 0 Å². The van der Waals surface area contributed by atoms with Gasteiger partial charge in [0, 0.05) is 0 Å². The predicted molar refractivity (Wildman–Crippen MR) is 57.9 cm³/mol. The van der Waals surface area contributed by atoms with Gasteiger partial charge in [0.25, 0.3) is 0 Å². The van der Waals surface area contributed by atoms with E-state index < -0.39 is 0 Å². The molecule has 0 aliphatic heterocycles. The highest BCUT2D eigenvalue weighted by Gasteiger charge is 2.15. The van der Waals surface area contributed by atoms with Crippen molar-refractivity contribution in [3.05, 3.63) is 28.6 Å².